The van der Waals surface area contributed by atoms with E-state index in [1.54, 1.807) is 7.11 Å². The molecule has 4 heteroatoms. The Labute approximate surface area is 151 Å². The summed E-state index contributed by atoms with van der Waals surface area (Å²) in [6, 6.07) is 22.1. The van der Waals surface area contributed by atoms with E-state index >= 15 is 0 Å². The lowest BCUT2D eigenvalue weighted by Crippen LogP contribution is -2.01. The summed E-state index contributed by atoms with van der Waals surface area (Å²) in [5.74, 6) is 0.797. The third kappa shape index (κ3) is 3.24. The first-order valence-corrected chi connectivity index (χ1v) is 8.46. The van der Waals surface area contributed by atoms with Crippen LogP contribution in [0, 0.1) is 0 Å². The number of methoxy groups -OCH3 is 1. The van der Waals surface area contributed by atoms with E-state index in [1.165, 1.54) is 5.56 Å². The Balaban J connectivity index is 1.82. The van der Waals surface area contributed by atoms with Gasteiger partial charge in [-0.2, -0.15) is 0 Å². The molecule has 0 saturated heterocycles. The molecule has 0 radical (unpaired) electrons. The molecule has 25 heavy (non-hydrogen) atoms. The molecule has 0 bridgehead atoms. The van der Waals surface area contributed by atoms with Crippen LogP contribution in [0.1, 0.15) is 5.56 Å². The first kappa shape index (κ1) is 15.7. The highest BCUT2D eigenvalue weighted by atomic mass is 35.5. The predicted octanol–water partition coefficient (Wildman–Crippen LogP) is 5.66. The van der Waals surface area contributed by atoms with Crippen molar-refractivity contribution in [2.75, 3.05) is 12.4 Å². The van der Waals surface area contributed by atoms with Crippen LogP contribution < -0.4 is 10.1 Å². The lowest BCUT2D eigenvalue weighted by atomic mass is 10.1. The van der Waals surface area contributed by atoms with Crippen molar-refractivity contribution in [3.05, 3.63) is 77.3 Å². The van der Waals surface area contributed by atoms with Crippen LogP contribution in [0.3, 0.4) is 0 Å². The second-order valence-corrected chi connectivity index (χ2v) is 6.35. The average molecular weight is 349 g/mol. The summed E-state index contributed by atoms with van der Waals surface area (Å²) >= 11 is 6.11. The zero-order valence-electron chi connectivity index (χ0n) is 13.8. The van der Waals surface area contributed by atoms with E-state index in [-0.39, 0.29) is 0 Å². The van der Waals surface area contributed by atoms with Gasteiger partial charge in [-0.25, -0.2) is 4.98 Å². The van der Waals surface area contributed by atoms with E-state index in [1.807, 2.05) is 48.5 Å². The maximum Gasteiger partial charge on any atom is 0.121 e. The molecule has 0 saturated carbocycles. The summed E-state index contributed by atoms with van der Waals surface area (Å²) in [5, 5.41) is 6.23. The van der Waals surface area contributed by atoms with Crippen molar-refractivity contribution in [2.24, 2.45) is 0 Å². The summed E-state index contributed by atoms with van der Waals surface area (Å²) < 4.78 is 5.46. The van der Waals surface area contributed by atoms with Gasteiger partial charge in [0.15, 0.2) is 0 Å². The van der Waals surface area contributed by atoms with Crippen molar-refractivity contribution in [3.63, 3.8) is 0 Å². The molecule has 0 amide bonds. The van der Waals surface area contributed by atoms with Crippen LogP contribution in [0.15, 0.2) is 66.7 Å². The van der Waals surface area contributed by atoms with Gasteiger partial charge in [-0.3, -0.25) is 0 Å². The summed E-state index contributed by atoms with van der Waals surface area (Å²) in [5.41, 5.74) is 4.01. The SMILES string of the molecule is COc1cc(NCc2ccccc2)c2nc3ccc(Cl)cc3cc2c1. The number of ether oxygens (including phenoxy) is 1. The molecule has 1 N–H and O–H groups in total. The van der Waals surface area contributed by atoms with Crippen LogP contribution in [0.5, 0.6) is 5.75 Å². The number of rotatable bonds is 4. The molecule has 0 atom stereocenters. The lowest BCUT2D eigenvalue weighted by molar-refractivity contribution is 0.415. The molecular weight excluding hydrogens is 332 g/mol. The maximum atomic E-state index is 6.11. The van der Waals surface area contributed by atoms with E-state index in [2.05, 4.69) is 23.5 Å². The van der Waals surface area contributed by atoms with Gasteiger partial charge in [0.25, 0.3) is 0 Å². The summed E-state index contributed by atoms with van der Waals surface area (Å²) in [4.78, 5) is 4.83. The van der Waals surface area contributed by atoms with E-state index in [0.717, 1.165) is 39.8 Å². The molecule has 0 spiro atoms. The number of benzene rings is 3. The van der Waals surface area contributed by atoms with Crippen LogP contribution >= 0.6 is 11.6 Å². The molecule has 3 aromatic carbocycles. The number of halogens is 1. The van der Waals surface area contributed by atoms with Crippen LogP contribution in [-0.2, 0) is 6.54 Å². The van der Waals surface area contributed by atoms with Crippen LogP contribution in [0.4, 0.5) is 5.69 Å². The van der Waals surface area contributed by atoms with Gasteiger partial charge in [0.1, 0.15) is 5.75 Å². The summed E-state index contributed by atoms with van der Waals surface area (Å²) in [6.45, 7) is 0.726. The van der Waals surface area contributed by atoms with Gasteiger partial charge >= 0.3 is 0 Å². The zero-order valence-corrected chi connectivity index (χ0v) is 14.5. The molecule has 0 unspecified atom stereocenters. The zero-order chi connectivity index (χ0) is 17.2. The van der Waals surface area contributed by atoms with Crippen molar-refractivity contribution < 1.29 is 4.74 Å². The second kappa shape index (κ2) is 6.61. The molecule has 124 valence electrons. The van der Waals surface area contributed by atoms with Gasteiger partial charge in [0, 0.05) is 28.4 Å². The third-order valence-corrected chi connectivity index (χ3v) is 4.44. The fraction of sp³-hybridized carbons (Fsp3) is 0.0952. The highest BCUT2D eigenvalue weighted by Gasteiger charge is 2.09. The first-order valence-electron chi connectivity index (χ1n) is 8.09. The minimum atomic E-state index is 0.707. The number of fused-ring (bicyclic) bond motifs is 2. The Hall–Kier alpha value is -2.78. The topological polar surface area (TPSA) is 34.1 Å². The fourth-order valence-corrected chi connectivity index (χ4v) is 3.12. The van der Waals surface area contributed by atoms with Crippen LogP contribution in [0.25, 0.3) is 21.8 Å². The molecule has 4 aromatic rings. The lowest BCUT2D eigenvalue weighted by Gasteiger charge is -2.12. The van der Waals surface area contributed by atoms with Crippen molar-refractivity contribution in [1.82, 2.24) is 4.98 Å². The van der Waals surface area contributed by atoms with Crippen molar-refractivity contribution in [1.29, 1.82) is 0 Å². The van der Waals surface area contributed by atoms with Crippen LogP contribution in [0.2, 0.25) is 5.02 Å². The molecule has 0 aliphatic carbocycles. The van der Waals surface area contributed by atoms with E-state index in [4.69, 9.17) is 21.3 Å². The Kier molecular flexibility index (Phi) is 4.16. The number of anilines is 1. The standard InChI is InChI=1S/C21H17ClN2O/c1-25-18-11-16-9-15-10-17(22)7-8-19(15)24-21(16)20(12-18)23-13-14-5-3-2-4-6-14/h2-12,23H,13H2,1H3. The van der Waals surface area contributed by atoms with Crippen molar-refractivity contribution in [3.8, 4) is 5.75 Å². The quantitative estimate of drug-likeness (QED) is 0.483. The highest BCUT2D eigenvalue weighted by Crippen LogP contribution is 2.31. The number of nitrogens with zero attached hydrogens (tertiary/aromatic N) is 1. The van der Waals surface area contributed by atoms with Gasteiger partial charge in [-0.05, 0) is 35.9 Å². The van der Waals surface area contributed by atoms with Gasteiger partial charge in [-0.15, -0.1) is 0 Å². The number of aromatic nitrogens is 1. The smallest absolute Gasteiger partial charge is 0.121 e. The van der Waals surface area contributed by atoms with Gasteiger partial charge in [0.2, 0.25) is 0 Å². The normalized spacial score (nSPS) is 11.0. The molecule has 0 fully saturated rings. The number of nitrogens with one attached hydrogen (secondary N) is 1. The minimum absolute atomic E-state index is 0.707. The van der Waals surface area contributed by atoms with Gasteiger partial charge in [-0.1, -0.05) is 41.9 Å². The maximum absolute atomic E-state index is 6.11. The fourth-order valence-electron chi connectivity index (χ4n) is 2.94. The summed E-state index contributed by atoms with van der Waals surface area (Å²) in [6.07, 6.45) is 0. The van der Waals surface area contributed by atoms with E-state index in [9.17, 15) is 0 Å². The Morgan fingerprint density at radius 2 is 1.80 bits per heavy atom. The largest absolute Gasteiger partial charge is 0.497 e. The van der Waals surface area contributed by atoms with E-state index in [0.29, 0.717) is 5.02 Å². The molecule has 0 aliphatic rings. The summed E-state index contributed by atoms with van der Waals surface area (Å²) in [7, 11) is 1.67. The van der Waals surface area contributed by atoms with Crippen molar-refractivity contribution >= 4 is 39.1 Å². The Bertz CT molecular complexity index is 1050. The minimum Gasteiger partial charge on any atom is -0.497 e. The highest BCUT2D eigenvalue weighted by molar-refractivity contribution is 6.31. The molecule has 1 heterocycles. The molecule has 0 aliphatic heterocycles. The molecule has 1 aromatic heterocycles. The average Bonchev–Trinajstić information content (AvgIpc) is 2.65. The molecule has 4 rings (SSSR count). The second-order valence-electron chi connectivity index (χ2n) is 5.91. The third-order valence-electron chi connectivity index (χ3n) is 4.21. The number of hydrogen-bond acceptors (Lipinski definition) is 3. The first-order chi connectivity index (χ1) is 12.2. The Morgan fingerprint density at radius 3 is 2.60 bits per heavy atom. The monoisotopic (exact) mass is 348 g/mol. The van der Waals surface area contributed by atoms with E-state index < -0.39 is 0 Å². The molecule has 3 nitrogen and oxygen atoms in total. The number of pyridine rings is 1. The number of hydrogen-bond donors (Lipinski definition) is 1. The predicted molar refractivity (Wildman–Crippen MR) is 105 cm³/mol. The van der Waals surface area contributed by atoms with Gasteiger partial charge in [0.05, 0.1) is 23.8 Å². The van der Waals surface area contributed by atoms with Gasteiger partial charge < -0.3 is 10.1 Å². The van der Waals surface area contributed by atoms with Crippen molar-refractivity contribution in [2.45, 2.75) is 6.54 Å². The Morgan fingerprint density at radius 1 is 0.960 bits per heavy atom. The van der Waals surface area contributed by atoms with Crippen LogP contribution in [-0.4, -0.2) is 12.1 Å². The molecular formula is C21H17ClN2O.